The van der Waals surface area contributed by atoms with Crippen molar-refractivity contribution in [3.05, 3.63) is 126 Å². The molecule has 2 amide bonds. The van der Waals surface area contributed by atoms with Crippen LogP contribution < -0.4 is 15.0 Å². The molecule has 1 atom stereocenters. The van der Waals surface area contributed by atoms with E-state index in [0.29, 0.717) is 12.4 Å². The molecule has 3 aromatic carbocycles. The summed E-state index contributed by atoms with van der Waals surface area (Å²) in [4.78, 5) is 33.0. The highest BCUT2D eigenvalue weighted by molar-refractivity contribution is 8.00. The smallest absolute Gasteiger partial charge is 0.240 e. The number of thioether (sulfide) groups is 1. The zero-order valence-electron chi connectivity index (χ0n) is 23.9. The molecule has 1 aliphatic rings. The molecular weight excluding hydrogens is 558 g/mol. The van der Waals surface area contributed by atoms with Gasteiger partial charge in [-0.15, -0.1) is 11.8 Å². The first kappa shape index (κ1) is 28.2. The molecule has 1 aliphatic heterocycles. The van der Waals surface area contributed by atoms with Gasteiger partial charge in [-0.1, -0.05) is 72.3 Å². The third-order valence-corrected chi connectivity index (χ3v) is 8.59. The third-order valence-electron chi connectivity index (χ3n) is 7.35. The fraction of sp³-hybridized carbons (Fsp3) is 0.176. The molecule has 3 heterocycles. The van der Waals surface area contributed by atoms with Crippen molar-refractivity contribution < 1.29 is 14.3 Å². The molecule has 9 heteroatoms. The van der Waals surface area contributed by atoms with Gasteiger partial charge in [0.25, 0.3) is 0 Å². The van der Waals surface area contributed by atoms with Crippen molar-refractivity contribution in [2.75, 3.05) is 24.3 Å². The second kappa shape index (κ2) is 12.5. The van der Waals surface area contributed by atoms with E-state index in [1.165, 1.54) is 11.8 Å². The van der Waals surface area contributed by atoms with E-state index in [9.17, 15) is 9.59 Å². The number of carbonyl (C=O) groups excluding carboxylic acids is 2. The molecule has 43 heavy (non-hydrogen) atoms. The summed E-state index contributed by atoms with van der Waals surface area (Å²) in [5.74, 6) is 1.03. The van der Waals surface area contributed by atoms with Crippen LogP contribution in [0.3, 0.4) is 0 Å². The van der Waals surface area contributed by atoms with Gasteiger partial charge >= 0.3 is 0 Å². The number of fused-ring (bicyclic) bond motifs is 1. The number of pyridine rings is 1. The first-order valence-corrected chi connectivity index (χ1v) is 15.0. The van der Waals surface area contributed by atoms with Crippen molar-refractivity contribution in [2.24, 2.45) is 0 Å². The number of benzene rings is 3. The number of amides is 2. The van der Waals surface area contributed by atoms with Crippen LogP contribution in [0.1, 0.15) is 27.5 Å². The van der Waals surface area contributed by atoms with Crippen molar-refractivity contribution in [3.63, 3.8) is 0 Å². The number of carbonyl (C=O) groups is 2. The van der Waals surface area contributed by atoms with Gasteiger partial charge in [-0.3, -0.25) is 19.5 Å². The zero-order valence-corrected chi connectivity index (χ0v) is 24.8. The number of hydrogen-bond donors (Lipinski definition) is 1. The van der Waals surface area contributed by atoms with Gasteiger partial charge in [-0.05, 0) is 36.8 Å². The lowest BCUT2D eigenvalue weighted by atomic mass is 9.99. The van der Waals surface area contributed by atoms with E-state index in [1.807, 2.05) is 97.9 Å². The summed E-state index contributed by atoms with van der Waals surface area (Å²) >= 11 is 1.51. The SMILES string of the molecule is COc1ccccc1C1SCC(=O)N(CC(=O)NCc2cccnc2)c2c1c(-c1ccccc1)nn2-c1ccc(C)cc1. The Bertz CT molecular complexity index is 1740. The van der Waals surface area contributed by atoms with Gasteiger partial charge in [-0.25, -0.2) is 4.68 Å². The van der Waals surface area contributed by atoms with Gasteiger partial charge in [0.05, 0.1) is 29.5 Å². The number of para-hydroxylation sites is 1. The average Bonchev–Trinajstić information content (AvgIpc) is 3.37. The molecule has 216 valence electrons. The number of aromatic nitrogens is 3. The molecule has 8 nitrogen and oxygen atoms in total. The largest absolute Gasteiger partial charge is 0.496 e. The summed E-state index contributed by atoms with van der Waals surface area (Å²) in [6, 6.07) is 29.5. The summed E-state index contributed by atoms with van der Waals surface area (Å²) < 4.78 is 7.59. The van der Waals surface area contributed by atoms with Crippen LogP contribution in [0.15, 0.2) is 103 Å². The van der Waals surface area contributed by atoms with E-state index >= 15 is 0 Å². The van der Waals surface area contributed by atoms with Crippen LogP contribution >= 0.6 is 11.8 Å². The van der Waals surface area contributed by atoms with Crippen LogP contribution in [-0.2, 0) is 16.1 Å². The van der Waals surface area contributed by atoms with Gasteiger partial charge in [0, 0.05) is 35.6 Å². The lowest BCUT2D eigenvalue weighted by Crippen LogP contribution is -2.42. The quantitative estimate of drug-likeness (QED) is 0.249. The third kappa shape index (κ3) is 5.89. The number of rotatable bonds is 8. The molecule has 0 bridgehead atoms. The highest BCUT2D eigenvalue weighted by Gasteiger charge is 2.38. The molecule has 0 radical (unpaired) electrons. The highest BCUT2D eigenvalue weighted by Crippen LogP contribution is 2.50. The molecule has 6 rings (SSSR count). The number of anilines is 1. The Labute approximate surface area is 254 Å². The van der Waals surface area contributed by atoms with Crippen molar-refractivity contribution in [1.82, 2.24) is 20.1 Å². The molecule has 1 unspecified atom stereocenters. The number of nitrogens with one attached hydrogen (secondary N) is 1. The second-order valence-corrected chi connectivity index (χ2v) is 11.3. The molecule has 0 aliphatic carbocycles. The van der Waals surface area contributed by atoms with E-state index in [1.54, 1.807) is 29.1 Å². The first-order valence-electron chi connectivity index (χ1n) is 14.0. The Hall–Kier alpha value is -4.89. The van der Waals surface area contributed by atoms with E-state index in [4.69, 9.17) is 9.84 Å². The summed E-state index contributed by atoms with van der Waals surface area (Å²) in [6.45, 7) is 2.18. The van der Waals surface area contributed by atoms with Crippen molar-refractivity contribution in [2.45, 2.75) is 18.7 Å². The van der Waals surface area contributed by atoms with Crippen LogP contribution in [0.5, 0.6) is 5.75 Å². The van der Waals surface area contributed by atoms with Gasteiger partial charge in [0.1, 0.15) is 18.1 Å². The van der Waals surface area contributed by atoms with Gasteiger partial charge in [0.2, 0.25) is 11.8 Å². The molecule has 0 fully saturated rings. The Morgan fingerprint density at radius 2 is 1.77 bits per heavy atom. The van der Waals surface area contributed by atoms with E-state index in [0.717, 1.165) is 44.9 Å². The van der Waals surface area contributed by atoms with Crippen LogP contribution in [0.4, 0.5) is 5.82 Å². The van der Waals surface area contributed by atoms with Gasteiger partial charge in [-0.2, -0.15) is 5.10 Å². The number of methoxy groups -OCH3 is 1. The number of hydrogen-bond acceptors (Lipinski definition) is 6. The number of nitrogens with zero attached hydrogens (tertiary/aromatic N) is 4. The second-order valence-electron chi connectivity index (χ2n) is 10.3. The minimum absolute atomic E-state index is 0.156. The van der Waals surface area contributed by atoms with Gasteiger partial charge < -0.3 is 10.1 Å². The van der Waals surface area contributed by atoms with Crippen molar-refractivity contribution >= 4 is 29.4 Å². The lowest BCUT2D eigenvalue weighted by molar-refractivity contribution is -0.123. The summed E-state index contributed by atoms with van der Waals surface area (Å²) in [5, 5.41) is 7.82. The number of aryl methyl sites for hydroxylation is 1. The maximum Gasteiger partial charge on any atom is 0.240 e. The molecule has 0 saturated heterocycles. The molecule has 1 N–H and O–H groups in total. The fourth-order valence-electron chi connectivity index (χ4n) is 5.23. The van der Waals surface area contributed by atoms with Crippen LogP contribution in [0.25, 0.3) is 16.9 Å². The monoisotopic (exact) mass is 589 g/mol. The van der Waals surface area contributed by atoms with Crippen molar-refractivity contribution in [3.8, 4) is 22.7 Å². The summed E-state index contributed by atoms with van der Waals surface area (Å²) in [7, 11) is 1.65. The zero-order chi connectivity index (χ0) is 29.8. The van der Waals surface area contributed by atoms with E-state index < -0.39 is 0 Å². The van der Waals surface area contributed by atoms with Crippen LogP contribution in [0.2, 0.25) is 0 Å². The number of ether oxygens (including phenoxy) is 1. The van der Waals surface area contributed by atoms with E-state index in [2.05, 4.69) is 10.3 Å². The lowest BCUT2D eigenvalue weighted by Gasteiger charge is -2.23. The Morgan fingerprint density at radius 1 is 1.00 bits per heavy atom. The van der Waals surface area contributed by atoms with Crippen LogP contribution in [0, 0.1) is 6.92 Å². The minimum Gasteiger partial charge on any atom is -0.496 e. The van der Waals surface area contributed by atoms with Crippen molar-refractivity contribution in [1.29, 1.82) is 0 Å². The average molecular weight is 590 g/mol. The molecule has 0 spiro atoms. The predicted octanol–water partition coefficient (Wildman–Crippen LogP) is 5.74. The van der Waals surface area contributed by atoms with E-state index in [-0.39, 0.29) is 29.4 Å². The van der Waals surface area contributed by atoms with Gasteiger partial charge in [0.15, 0.2) is 0 Å². The maximum absolute atomic E-state index is 13.9. The Balaban J connectivity index is 1.53. The fourth-order valence-corrected chi connectivity index (χ4v) is 6.45. The molecule has 5 aromatic rings. The Morgan fingerprint density at radius 3 is 2.51 bits per heavy atom. The standard InChI is InChI=1S/C34H31N5O3S/c1-23-14-16-26(17-15-23)39-34-31(32(37-39)25-10-4-3-5-11-25)33(27-12-6-7-13-28(27)42-2)43-22-30(41)38(34)21-29(40)36-20-24-9-8-18-35-19-24/h3-19,33H,20-22H2,1-2H3,(H,36,40). The molecule has 2 aromatic heterocycles. The molecule has 0 saturated carbocycles. The maximum atomic E-state index is 13.9. The summed E-state index contributed by atoms with van der Waals surface area (Å²) in [5.41, 5.74) is 6.23. The van der Waals surface area contributed by atoms with Crippen LogP contribution in [-0.4, -0.2) is 46.0 Å². The normalized spacial score (nSPS) is 14.6. The first-order chi connectivity index (χ1) is 21.0. The molecular formula is C34H31N5O3S. The highest BCUT2D eigenvalue weighted by atomic mass is 32.2. The topological polar surface area (TPSA) is 89.3 Å². The Kier molecular flexibility index (Phi) is 8.24. The predicted molar refractivity (Wildman–Crippen MR) is 169 cm³/mol. The summed E-state index contributed by atoms with van der Waals surface area (Å²) in [6.07, 6.45) is 3.40. The minimum atomic E-state index is -0.284.